The van der Waals surface area contributed by atoms with Crippen LogP contribution in [0.4, 0.5) is 4.79 Å². The second kappa shape index (κ2) is 12.3. The summed E-state index contributed by atoms with van der Waals surface area (Å²) in [4.78, 5) is 34.7. The van der Waals surface area contributed by atoms with E-state index in [1.165, 1.54) is 25.7 Å². The predicted octanol–water partition coefficient (Wildman–Crippen LogP) is 3.77. The number of nitrogens with one attached hydrogen (secondary N) is 1. The van der Waals surface area contributed by atoms with E-state index >= 15 is 0 Å². The molecule has 0 bridgehead atoms. The van der Waals surface area contributed by atoms with Gasteiger partial charge in [0.15, 0.2) is 0 Å². The lowest BCUT2D eigenvalue weighted by atomic mass is 9.83. The Morgan fingerprint density at radius 1 is 1.11 bits per heavy atom. The molecule has 3 atom stereocenters. The van der Waals surface area contributed by atoms with Crippen molar-refractivity contribution in [1.29, 1.82) is 0 Å². The zero-order valence-electron chi connectivity index (χ0n) is 22.1. The highest BCUT2D eigenvalue weighted by molar-refractivity contribution is 6.30. The molecule has 1 aromatic heterocycles. The van der Waals surface area contributed by atoms with E-state index in [0.717, 1.165) is 25.2 Å². The number of carbonyl (C=O) groups is 2. The molecular weight excluding hydrogens is 492 g/mol. The Hall–Kier alpha value is -2.65. The number of aromatic nitrogens is 3. The molecule has 0 radical (unpaired) electrons. The van der Waals surface area contributed by atoms with Crippen molar-refractivity contribution < 1.29 is 14.3 Å². The number of hydrogen-bond donors (Lipinski definition) is 1. The maximum Gasteiger partial charge on any atom is 0.408 e. The van der Waals surface area contributed by atoms with E-state index < -0.39 is 17.7 Å². The van der Waals surface area contributed by atoms with Gasteiger partial charge in [-0.3, -0.25) is 14.4 Å². The SMILES string of the molecule is CC(C)(C)OC(=O)N[C@H](Cc1ccc(Cl)cc1)C(=O)N1CCN([C@@H]2CCCC[C@@H]2Cn2cncn2)CC1. The summed E-state index contributed by atoms with van der Waals surface area (Å²) in [5.41, 5.74) is 0.280. The largest absolute Gasteiger partial charge is 0.444 e. The van der Waals surface area contributed by atoms with Crippen LogP contribution in [0.2, 0.25) is 5.02 Å². The van der Waals surface area contributed by atoms with Crippen LogP contribution < -0.4 is 5.32 Å². The third kappa shape index (κ3) is 7.92. The number of hydrogen-bond acceptors (Lipinski definition) is 6. The summed E-state index contributed by atoms with van der Waals surface area (Å²) in [6, 6.07) is 7.14. The normalized spacial score (nSPS) is 21.9. The van der Waals surface area contributed by atoms with Crippen molar-refractivity contribution in [2.75, 3.05) is 26.2 Å². The quantitative estimate of drug-likeness (QED) is 0.586. The van der Waals surface area contributed by atoms with Gasteiger partial charge in [0, 0.05) is 50.2 Å². The highest BCUT2D eigenvalue weighted by atomic mass is 35.5. The number of nitrogens with zero attached hydrogens (tertiary/aromatic N) is 5. The van der Waals surface area contributed by atoms with Gasteiger partial charge in [0.05, 0.1) is 0 Å². The highest BCUT2D eigenvalue weighted by Crippen LogP contribution is 2.30. The minimum atomic E-state index is -0.711. The van der Waals surface area contributed by atoms with Gasteiger partial charge in [-0.05, 0) is 57.2 Å². The number of amides is 2. The topological polar surface area (TPSA) is 92.6 Å². The van der Waals surface area contributed by atoms with Crippen molar-refractivity contribution in [3.63, 3.8) is 0 Å². The summed E-state index contributed by atoms with van der Waals surface area (Å²) >= 11 is 6.04. The molecule has 1 aliphatic carbocycles. The molecule has 0 unspecified atom stereocenters. The Balaban J connectivity index is 1.39. The van der Waals surface area contributed by atoms with Crippen molar-refractivity contribution in [3.8, 4) is 0 Å². The van der Waals surface area contributed by atoms with Gasteiger partial charge < -0.3 is 15.0 Å². The van der Waals surface area contributed by atoms with Crippen LogP contribution in [0.15, 0.2) is 36.9 Å². The van der Waals surface area contributed by atoms with Crippen LogP contribution in [-0.4, -0.2) is 80.4 Å². The summed E-state index contributed by atoms with van der Waals surface area (Å²) in [5, 5.41) is 7.77. The Bertz CT molecular complexity index is 1020. The highest BCUT2D eigenvalue weighted by Gasteiger charge is 2.35. The van der Waals surface area contributed by atoms with Gasteiger partial charge in [-0.25, -0.2) is 9.78 Å². The molecule has 1 saturated heterocycles. The van der Waals surface area contributed by atoms with Gasteiger partial charge in [-0.2, -0.15) is 5.10 Å². The number of benzene rings is 1. The van der Waals surface area contributed by atoms with Gasteiger partial charge in [-0.15, -0.1) is 0 Å². The number of piperazine rings is 1. The molecule has 0 spiro atoms. The van der Waals surface area contributed by atoms with Gasteiger partial charge in [0.25, 0.3) is 0 Å². The fourth-order valence-electron chi connectivity index (χ4n) is 5.45. The van der Waals surface area contributed by atoms with E-state index in [-0.39, 0.29) is 5.91 Å². The zero-order chi connectivity index (χ0) is 26.4. The summed E-state index contributed by atoms with van der Waals surface area (Å²) in [6.45, 7) is 9.23. The fraction of sp³-hybridized carbons (Fsp3) is 0.630. The van der Waals surface area contributed by atoms with E-state index in [2.05, 4.69) is 20.3 Å². The van der Waals surface area contributed by atoms with E-state index in [4.69, 9.17) is 16.3 Å². The monoisotopic (exact) mass is 530 g/mol. The summed E-state index contributed by atoms with van der Waals surface area (Å²) in [7, 11) is 0. The standard InChI is InChI=1S/C27H39ClN6O3/c1-27(2,3)37-26(36)31-23(16-20-8-10-22(28)11-9-20)25(35)33-14-12-32(13-15-33)24-7-5-4-6-21(24)17-34-19-29-18-30-34/h8-11,18-19,21,23-24H,4-7,12-17H2,1-3H3,(H,31,36)/t21-,23-,24-/m1/s1. The maximum absolute atomic E-state index is 13.6. The molecule has 1 aliphatic heterocycles. The number of rotatable bonds is 7. The fourth-order valence-corrected chi connectivity index (χ4v) is 5.58. The smallest absolute Gasteiger partial charge is 0.408 e. The average Bonchev–Trinajstić information content (AvgIpc) is 3.37. The van der Waals surface area contributed by atoms with Crippen molar-refractivity contribution in [3.05, 3.63) is 47.5 Å². The van der Waals surface area contributed by atoms with Crippen molar-refractivity contribution in [2.24, 2.45) is 5.92 Å². The Labute approximate surface area is 224 Å². The van der Waals surface area contributed by atoms with Crippen molar-refractivity contribution in [2.45, 2.75) is 77.1 Å². The second-order valence-corrected chi connectivity index (χ2v) is 11.6. The molecule has 2 amide bonds. The molecule has 2 heterocycles. The van der Waals surface area contributed by atoms with Gasteiger partial charge >= 0.3 is 6.09 Å². The van der Waals surface area contributed by atoms with Crippen LogP contribution in [0, 0.1) is 5.92 Å². The summed E-state index contributed by atoms with van der Waals surface area (Å²) in [5.74, 6) is 0.451. The first-order valence-corrected chi connectivity index (χ1v) is 13.6. The number of carbonyl (C=O) groups excluding carboxylic acids is 2. The maximum atomic E-state index is 13.6. The van der Waals surface area contributed by atoms with Crippen molar-refractivity contribution in [1.82, 2.24) is 29.9 Å². The zero-order valence-corrected chi connectivity index (χ0v) is 22.9. The minimum absolute atomic E-state index is 0.0803. The molecule has 37 heavy (non-hydrogen) atoms. The lowest BCUT2D eigenvalue weighted by molar-refractivity contribution is -0.136. The van der Waals surface area contributed by atoms with Crippen LogP contribution in [0.1, 0.15) is 52.0 Å². The second-order valence-electron chi connectivity index (χ2n) is 11.1. The summed E-state index contributed by atoms with van der Waals surface area (Å²) < 4.78 is 7.39. The molecule has 4 rings (SSSR count). The molecule has 2 aromatic rings. The van der Waals surface area contributed by atoms with E-state index in [9.17, 15) is 9.59 Å². The van der Waals surface area contributed by atoms with Crippen LogP contribution in [0.3, 0.4) is 0 Å². The summed E-state index contributed by atoms with van der Waals surface area (Å²) in [6.07, 6.45) is 8.01. The minimum Gasteiger partial charge on any atom is -0.444 e. The number of halogens is 1. The predicted molar refractivity (Wildman–Crippen MR) is 142 cm³/mol. The Morgan fingerprint density at radius 3 is 2.46 bits per heavy atom. The molecule has 10 heteroatoms. The lowest BCUT2D eigenvalue weighted by Crippen LogP contribution is -2.58. The van der Waals surface area contributed by atoms with Crippen LogP contribution in [-0.2, 0) is 22.5 Å². The molecule has 9 nitrogen and oxygen atoms in total. The van der Waals surface area contributed by atoms with E-state index in [1.54, 1.807) is 24.8 Å². The lowest BCUT2D eigenvalue weighted by Gasteiger charge is -2.44. The molecule has 1 saturated carbocycles. The molecule has 1 aromatic carbocycles. The third-order valence-corrected chi connectivity index (χ3v) is 7.45. The first-order chi connectivity index (χ1) is 17.7. The number of alkyl carbamates (subject to hydrolysis) is 1. The van der Waals surface area contributed by atoms with Gasteiger partial charge in [0.2, 0.25) is 5.91 Å². The molecule has 202 valence electrons. The van der Waals surface area contributed by atoms with E-state index in [1.807, 2.05) is 42.5 Å². The number of ether oxygens (including phenoxy) is 1. The third-order valence-electron chi connectivity index (χ3n) is 7.19. The average molecular weight is 531 g/mol. The van der Waals surface area contributed by atoms with Crippen molar-refractivity contribution >= 4 is 23.6 Å². The van der Waals surface area contributed by atoms with Gasteiger partial charge in [-0.1, -0.05) is 36.6 Å². The van der Waals surface area contributed by atoms with E-state index in [0.29, 0.717) is 36.5 Å². The molecule has 1 N–H and O–H groups in total. The van der Waals surface area contributed by atoms with Gasteiger partial charge in [0.1, 0.15) is 24.3 Å². The van der Waals surface area contributed by atoms with Crippen LogP contribution >= 0.6 is 11.6 Å². The molecule has 2 fully saturated rings. The van der Waals surface area contributed by atoms with Crippen LogP contribution in [0.25, 0.3) is 0 Å². The Morgan fingerprint density at radius 2 is 1.81 bits per heavy atom. The van der Waals surface area contributed by atoms with Crippen LogP contribution in [0.5, 0.6) is 0 Å². The first-order valence-electron chi connectivity index (χ1n) is 13.3. The molecule has 2 aliphatic rings. The Kier molecular flexibility index (Phi) is 9.08. The first kappa shape index (κ1) is 27.4. The molecular formula is C27H39ClN6O3.